The molecule has 1 N–H and O–H groups in total. The minimum absolute atomic E-state index is 0.347. The minimum Gasteiger partial charge on any atom is -0.508 e. The lowest BCUT2D eigenvalue weighted by Crippen LogP contribution is -2.18. The number of phenols is 1. The summed E-state index contributed by atoms with van der Waals surface area (Å²) in [5, 5.41) is 10.7. The number of aromatic hydroxyl groups is 1. The van der Waals surface area contributed by atoms with Gasteiger partial charge < -0.3 is 5.11 Å². The van der Waals surface area contributed by atoms with E-state index in [0.717, 1.165) is 18.4 Å². The second kappa shape index (κ2) is 11.9. The molecule has 5 unspecified atom stereocenters. The third-order valence-corrected chi connectivity index (χ3v) is 7.49. The van der Waals surface area contributed by atoms with Gasteiger partial charge in [0, 0.05) is 0 Å². The van der Waals surface area contributed by atoms with Crippen LogP contribution in [0, 0.1) is 11.8 Å². The van der Waals surface area contributed by atoms with Crippen LogP contribution in [0.25, 0.3) is 0 Å². The van der Waals surface area contributed by atoms with Crippen molar-refractivity contribution in [2.45, 2.75) is 71.1 Å². The number of benzene rings is 3. The first-order chi connectivity index (χ1) is 15.5. The molecule has 0 saturated heterocycles. The Morgan fingerprint density at radius 2 is 1.19 bits per heavy atom. The molecular formula is C31H40O. The standard InChI is InChI=1S/C31H40O/c1-5-14-28(25(4)27-17-10-7-11-18-27)22-29(30-19-12-13-20-31(30)32)21-23(2)24(3)26-15-8-6-9-16-26/h6-13,15-20,23-25,28-29,32H,5,14,21-22H2,1-4H3. The number of phenolic OH excluding ortho intramolecular Hbond substituents is 1. The molecule has 0 amide bonds. The molecule has 0 aliphatic rings. The zero-order valence-corrected chi connectivity index (χ0v) is 20.2. The van der Waals surface area contributed by atoms with Crippen LogP contribution >= 0.6 is 0 Å². The van der Waals surface area contributed by atoms with Gasteiger partial charge in [0.2, 0.25) is 0 Å². The monoisotopic (exact) mass is 428 g/mol. The minimum atomic E-state index is 0.347. The molecule has 1 heteroatoms. The van der Waals surface area contributed by atoms with Crippen LogP contribution in [0.2, 0.25) is 0 Å². The molecule has 5 atom stereocenters. The molecule has 0 saturated carbocycles. The average Bonchev–Trinajstić information content (AvgIpc) is 2.83. The van der Waals surface area contributed by atoms with Gasteiger partial charge >= 0.3 is 0 Å². The molecule has 3 aromatic rings. The van der Waals surface area contributed by atoms with Crippen LogP contribution in [0.3, 0.4) is 0 Å². The molecule has 0 aliphatic heterocycles. The van der Waals surface area contributed by atoms with Crippen LogP contribution in [0.4, 0.5) is 0 Å². The highest BCUT2D eigenvalue weighted by Crippen LogP contribution is 2.43. The summed E-state index contributed by atoms with van der Waals surface area (Å²) in [5.41, 5.74) is 3.94. The Hall–Kier alpha value is -2.54. The molecule has 0 heterocycles. The summed E-state index contributed by atoms with van der Waals surface area (Å²) < 4.78 is 0. The van der Waals surface area contributed by atoms with Crippen molar-refractivity contribution in [3.8, 4) is 5.75 Å². The highest BCUT2D eigenvalue weighted by molar-refractivity contribution is 5.35. The van der Waals surface area contributed by atoms with Crippen molar-refractivity contribution < 1.29 is 5.11 Å². The number of rotatable bonds is 11. The van der Waals surface area contributed by atoms with Crippen molar-refractivity contribution in [3.63, 3.8) is 0 Å². The van der Waals surface area contributed by atoms with Gasteiger partial charge in [0.25, 0.3) is 0 Å². The zero-order chi connectivity index (χ0) is 22.9. The van der Waals surface area contributed by atoms with Crippen LogP contribution < -0.4 is 0 Å². The molecule has 170 valence electrons. The van der Waals surface area contributed by atoms with Gasteiger partial charge in [-0.25, -0.2) is 0 Å². The molecule has 0 fully saturated rings. The third-order valence-electron chi connectivity index (χ3n) is 7.49. The predicted molar refractivity (Wildman–Crippen MR) is 137 cm³/mol. The average molecular weight is 429 g/mol. The molecule has 3 aromatic carbocycles. The Morgan fingerprint density at radius 1 is 0.656 bits per heavy atom. The Kier molecular flexibility index (Phi) is 8.97. The predicted octanol–water partition coefficient (Wildman–Crippen LogP) is 8.92. The fraction of sp³-hybridized carbons (Fsp3) is 0.419. The van der Waals surface area contributed by atoms with Gasteiger partial charge in [-0.1, -0.05) is 119 Å². The number of hydrogen-bond donors (Lipinski definition) is 1. The van der Waals surface area contributed by atoms with E-state index in [4.69, 9.17) is 0 Å². The Labute approximate surface area is 195 Å². The maximum atomic E-state index is 10.7. The fourth-order valence-electron chi connectivity index (χ4n) is 5.26. The second-order valence-corrected chi connectivity index (χ2v) is 9.65. The van der Waals surface area contributed by atoms with Gasteiger partial charge in [-0.05, 0) is 65.2 Å². The summed E-state index contributed by atoms with van der Waals surface area (Å²) in [5.74, 6) is 2.90. The van der Waals surface area contributed by atoms with Crippen molar-refractivity contribution in [1.82, 2.24) is 0 Å². The molecule has 0 radical (unpaired) electrons. The van der Waals surface area contributed by atoms with Crippen LogP contribution in [0.15, 0.2) is 84.9 Å². The molecule has 0 bridgehead atoms. The van der Waals surface area contributed by atoms with Gasteiger partial charge in [-0.2, -0.15) is 0 Å². The van der Waals surface area contributed by atoms with Crippen molar-refractivity contribution in [1.29, 1.82) is 0 Å². The molecule has 1 nitrogen and oxygen atoms in total. The highest BCUT2D eigenvalue weighted by Gasteiger charge is 2.27. The van der Waals surface area contributed by atoms with Crippen molar-refractivity contribution in [2.24, 2.45) is 11.8 Å². The quantitative estimate of drug-likeness (QED) is 0.323. The van der Waals surface area contributed by atoms with Crippen LogP contribution in [-0.4, -0.2) is 5.11 Å². The molecule has 0 aromatic heterocycles. The van der Waals surface area contributed by atoms with Gasteiger partial charge in [0.1, 0.15) is 5.75 Å². The summed E-state index contributed by atoms with van der Waals surface area (Å²) in [6.07, 6.45) is 4.58. The largest absolute Gasteiger partial charge is 0.508 e. The Morgan fingerprint density at radius 3 is 1.75 bits per heavy atom. The topological polar surface area (TPSA) is 20.2 Å². The van der Waals surface area contributed by atoms with Gasteiger partial charge in [0.05, 0.1) is 0 Å². The van der Waals surface area contributed by atoms with Gasteiger partial charge in [-0.15, -0.1) is 0 Å². The van der Waals surface area contributed by atoms with Crippen molar-refractivity contribution in [2.75, 3.05) is 0 Å². The van der Waals surface area contributed by atoms with Crippen molar-refractivity contribution >= 4 is 0 Å². The van der Waals surface area contributed by atoms with E-state index in [1.54, 1.807) is 0 Å². The number of para-hydroxylation sites is 1. The van der Waals surface area contributed by atoms with E-state index >= 15 is 0 Å². The lowest BCUT2D eigenvalue weighted by Gasteiger charge is -2.32. The lowest BCUT2D eigenvalue weighted by molar-refractivity contribution is 0.308. The Bertz CT molecular complexity index is 917. The number of hydrogen-bond acceptors (Lipinski definition) is 1. The smallest absolute Gasteiger partial charge is 0.119 e. The summed E-state index contributed by atoms with van der Waals surface area (Å²) in [4.78, 5) is 0. The summed E-state index contributed by atoms with van der Waals surface area (Å²) in [6, 6.07) is 29.8. The SMILES string of the molecule is CCCC(CC(CC(C)C(C)c1ccccc1)c1ccccc1O)C(C)c1ccccc1. The van der Waals surface area contributed by atoms with Crippen molar-refractivity contribution in [3.05, 3.63) is 102 Å². The second-order valence-electron chi connectivity index (χ2n) is 9.65. The maximum absolute atomic E-state index is 10.7. The summed E-state index contributed by atoms with van der Waals surface area (Å²) >= 11 is 0. The van der Waals surface area contributed by atoms with Crippen LogP contribution in [0.5, 0.6) is 5.75 Å². The molecule has 0 aliphatic carbocycles. The van der Waals surface area contributed by atoms with E-state index in [2.05, 4.69) is 100 Å². The first-order valence-electron chi connectivity index (χ1n) is 12.4. The highest BCUT2D eigenvalue weighted by atomic mass is 16.3. The van der Waals surface area contributed by atoms with E-state index < -0.39 is 0 Å². The van der Waals surface area contributed by atoms with Crippen LogP contribution in [-0.2, 0) is 0 Å². The third kappa shape index (κ3) is 6.25. The van der Waals surface area contributed by atoms with E-state index in [9.17, 15) is 5.11 Å². The Balaban J connectivity index is 1.85. The molecule has 0 spiro atoms. The van der Waals surface area contributed by atoms with E-state index in [1.165, 1.54) is 24.0 Å². The van der Waals surface area contributed by atoms with E-state index in [-0.39, 0.29) is 0 Å². The molecule has 32 heavy (non-hydrogen) atoms. The first kappa shape index (κ1) is 24.1. The van der Waals surface area contributed by atoms with E-state index in [1.807, 2.05) is 12.1 Å². The lowest BCUT2D eigenvalue weighted by atomic mass is 9.73. The molecule has 3 rings (SSSR count). The van der Waals surface area contributed by atoms with Crippen LogP contribution in [0.1, 0.15) is 87.8 Å². The van der Waals surface area contributed by atoms with Gasteiger partial charge in [-0.3, -0.25) is 0 Å². The summed E-state index contributed by atoms with van der Waals surface area (Å²) in [6.45, 7) is 9.39. The van der Waals surface area contributed by atoms with Gasteiger partial charge in [0.15, 0.2) is 0 Å². The first-order valence-corrected chi connectivity index (χ1v) is 12.4. The fourth-order valence-corrected chi connectivity index (χ4v) is 5.26. The van der Waals surface area contributed by atoms with E-state index in [0.29, 0.717) is 35.3 Å². The zero-order valence-electron chi connectivity index (χ0n) is 20.2. The molecular weight excluding hydrogens is 388 g/mol. The normalized spacial score (nSPS) is 16.1. The maximum Gasteiger partial charge on any atom is 0.119 e. The summed E-state index contributed by atoms with van der Waals surface area (Å²) in [7, 11) is 0.